The predicted octanol–water partition coefficient (Wildman–Crippen LogP) is 1.04. The quantitative estimate of drug-likeness (QED) is 0.464. The standard InChI is InChI=1S/C10H16N2O2/c1-9(2)5-10(3,4)8(14)6(12-11)7(9)13/h7,13H,5H2,1-4H3. The van der Waals surface area contributed by atoms with Gasteiger partial charge < -0.3 is 10.6 Å². The van der Waals surface area contributed by atoms with Crippen LogP contribution in [0.2, 0.25) is 0 Å². The van der Waals surface area contributed by atoms with Crippen molar-refractivity contribution in [3.8, 4) is 0 Å². The van der Waals surface area contributed by atoms with Crippen LogP contribution >= 0.6 is 0 Å². The molecule has 0 saturated heterocycles. The maximum Gasteiger partial charge on any atom is 0.363 e. The third kappa shape index (κ3) is 1.51. The Balaban J connectivity index is 3.23. The predicted molar refractivity (Wildman–Crippen MR) is 51.8 cm³/mol. The summed E-state index contributed by atoms with van der Waals surface area (Å²) in [7, 11) is 0. The second kappa shape index (κ2) is 3.01. The van der Waals surface area contributed by atoms with Crippen molar-refractivity contribution in [2.45, 2.75) is 40.2 Å². The third-order valence-electron chi connectivity index (χ3n) is 2.85. The summed E-state index contributed by atoms with van der Waals surface area (Å²) < 4.78 is 0. The maximum absolute atomic E-state index is 11.7. The lowest BCUT2D eigenvalue weighted by Gasteiger charge is -2.39. The lowest BCUT2D eigenvalue weighted by atomic mass is 9.62. The molecule has 1 aliphatic carbocycles. The van der Waals surface area contributed by atoms with Gasteiger partial charge >= 0.3 is 5.71 Å². The molecule has 0 aliphatic heterocycles. The number of hydrogen-bond donors (Lipinski definition) is 1. The van der Waals surface area contributed by atoms with Crippen molar-refractivity contribution in [3.05, 3.63) is 5.53 Å². The van der Waals surface area contributed by atoms with Crippen LogP contribution in [0.3, 0.4) is 0 Å². The van der Waals surface area contributed by atoms with Crippen LogP contribution in [0.4, 0.5) is 0 Å². The molecule has 1 saturated carbocycles. The third-order valence-corrected chi connectivity index (χ3v) is 2.85. The smallest absolute Gasteiger partial charge is 0.363 e. The highest BCUT2D eigenvalue weighted by Crippen LogP contribution is 2.42. The van der Waals surface area contributed by atoms with Crippen LogP contribution in [0.15, 0.2) is 0 Å². The molecule has 0 aromatic carbocycles. The van der Waals surface area contributed by atoms with Crippen molar-refractivity contribution in [1.82, 2.24) is 0 Å². The Labute approximate surface area is 83.6 Å². The molecule has 4 nitrogen and oxygen atoms in total. The highest BCUT2D eigenvalue weighted by atomic mass is 16.3. The lowest BCUT2D eigenvalue weighted by Crippen LogP contribution is -2.53. The molecule has 0 heterocycles. The number of nitrogens with zero attached hydrogens (tertiary/aromatic N) is 2. The van der Waals surface area contributed by atoms with Crippen LogP contribution in [-0.4, -0.2) is 27.5 Å². The van der Waals surface area contributed by atoms with Crippen LogP contribution in [0.25, 0.3) is 5.53 Å². The van der Waals surface area contributed by atoms with Crippen molar-refractivity contribution in [2.75, 3.05) is 0 Å². The van der Waals surface area contributed by atoms with E-state index >= 15 is 0 Å². The van der Waals surface area contributed by atoms with E-state index in [9.17, 15) is 9.90 Å². The van der Waals surface area contributed by atoms with Crippen molar-refractivity contribution in [3.63, 3.8) is 0 Å². The molecule has 0 radical (unpaired) electrons. The highest BCUT2D eigenvalue weighted by Gasteiger charge is 2.54. The number of Topliss-reactive ketones (excluding diaryl/α,β-unsaturated/α-hetero) is 1. The van der Waals surface area contributed by atoms with E-state index in [1.165, 1.54) is 0 Å². The van der Waals surface area contributed by atoms with Gasteiger partial charge in [0.25, 0.3) is 0 Å². The summed E-state index contributed by atoms with van der Waals surface area (Å²) in [6.07, 6.45) is -0.396. The van der Waals surface area contributed by atoms with Crippen LogP contribution in [0.5, 0.6) is 0 Å². The first-order valence-electron chi connectivity index (χ1n) is 4.67. The molecule has 1 unspecified atom stereocenters. The molecule has 0 aromatic heterocycles. The molecule has 0 aromatic rings. The van der Waals surface area contributed by atoms with Gasteiger partial charge in [-0.3, -0.25) is 4.79 Å². The number of carbonyl (C=O) groups excluding carboxylic acids is 1. The molecule has 4 heteroatoms. The second-order valence-electron chi connectivity index (χ2n) is 5.27. The number of hydrogen-bond acceptors (Lipinski definition) is 2. The van der Waals surface area contributed by atoms with Crippen molar-refractivity contribution < 1.29 is 14.7 Å². The van der Waals surface area contributed by atoms with E-state index < -0.39 is 16.9 Å². The van der Waals surface area contributed by atoms with E-state index in [1.54, 1.807) is 13.8 Å². The first-order chi connectivity index (χ1) is 6.22. The highest BCUT2D eigenvalue weighted by molar-refractivity contribution is 6.41. The molecule has 1 rings (SSSR count). The summed E-state index contributed by atoms with van der Waals surface area (Å²) in [6.45, 7) is 7.32. The average Bonchev–Trinajstić information content (AvgIpc) is 2.01. The van der Waals surface area contributed by atoms with Gasteiger partial charge in [-0.2, -0.15) is 4.79 Å². The van der Waals surface area contributed by atoms with E-state index in [2.05, 4.69) is 4.79 Å². The topological polar surface area (TPSA) is 73.7 Å². The summed E-state index contributed by atoms with van der Waals surface area (Å²) in [4.78, 5) is 14.6. The average molecular weight is 196 g/mol. The van der Waals surface area contributed by atoms with Crippen LogP contribution in [0, 0.1) is 10.8 Å². The monoisotopic (exact) mass is 196 g/mol. The summed E-state index contributed by atoms with van der Waals surface area (Å²) in [6, 6.07) is 0. The van der Waals surface area contributed by atoms with E-state index in [-0.39, 0.29) is 11.5 Å². The summed E-state index contributed by atoms with van der Waals surface area (Å²) in [5.74, 6) is -0.271. The molecule has 78 valence electrons. The zero-order valence-corrected chi connectivity index (χ0v) is 9.03. The Kier molecular flexibility index (Phi) is 2.38. The maximum atomic E-state index is 11.7. The second-order valence-corrected chi connectivity index (χ2v) is 5.27. The van der Waals surface area contributed by atoms with E-state index in [1.807, 2.05) is 13.8 Å². The molecule has 1 fully saturated rings. The van der Waals surface area contributed by atoms with Crippen LogP contribution in [-0.2, 0) is 4.79 Å². The zero-order valence-electron chi connectivity index (χ0n) is 9.03. The Bertz CT molecular complexity index is 325. The Morgan fingerprint density at radius 3 is 2.36 bits per heavy atom. The SMILES string of the molecule is CC1(C)CC(C)(C)C(O)C(=[N+]=[N-])C1=O. The van der Waals surface area contributed by atoms with Gasteiger partial charge in [-0.25, -0.2) is 0 Å². The number of rotatable bonds is 0. The summed E-state index contributed by atoms with van der Waals surface area (Å²) >= 11 is 0. The number of carbonyl (C=O) groups is 1. The normalized spacial score (nSPS) is 29.9. The van der Waals surface area contributed by atoms with Gasteiger partial charge in [-0.05, 0) is 6.42 Å². The first-order valence-corrected chi connectivity index (χ1v) is 4.67. The van der Waals surface area contributed by atoms with Crippen LogP contribution < -0.4 is 0 Å². The number of aliphatic hydroxyl groups excluding tert-OH is 1. The summed E-state index contributed by atoms with van der Waals surface area (Å²) in [5, 5.41) is 9.79. The number of aliphatic hydroxyl groups is 1. The van der Waals surface area contributed by atoms with E-state index in [0.717, 1.165) is 0 Å². The van der Waals surface area contributed by atoms with Gasteiger partial charge in [0.05, 0.1) is 0 Å². The Morgan fingerprint density at radius 1 is 1.43 bits per heavy atom. The van der Waals surface area contributed by atoms with E-state index in [0.29, 0.717) is 6.42 Å². The minimum atomic E-state index is -0.979. The zero-order chi connectivity index (χ0) is 11.1. The van der Waals surface area contributed by atoms with Crippen LogP contribution in [0.1, 0.15) is 34.1 Å². The molecule has 14 heavy (non-hydrogen) atoms. The number of ketones is 1. The Morgan fingerprint density at radius 2 is 1.93 bits per heavy atom. The molecular formula is C10H16N2O2. The molecule has 1 atom stereocenters. The first kappa shape index (κ1) is 11.1. The largest absolute Gasteiger partial charge is 0.380 e. The molecular weight excluding hydrogens is 180 g/mol. The van der Waals surface area contributed by atoms with Gasteiger partial charge in [0, 0.05) is 10.8 Å². The van der Waals surface area contributed by atoms with Gasteiger partial charge in [0.2, 0.25) is 5.78 Å². The fourth-order valence-corrected chi connectivity index (χ4v) is 2.26. The molecule has 1 N–H and O–H groups in total. The fourth-order valence-electron chi connectivity index (χ4n) is 2.26. The fraction of sp³-hybridized carbons (Fsp3) is 0.800. The van der Waals surface area contributed by atoms with E-state index in [4.69, 9.17) is 5.53 Å². The molecule has 0 amide bonds. The molecule has 0 spiro atoms. The van der Waals surface area contributed by atoms with Gasteiger partial charge in [0.1, 0.15) is 0 Å². The molecule has 1 aliphatic rings. The minimum Gasteiger partial charge on any atom is -0.380 e. The molecule has 0 bridgehead atoms. The van der Waals surface area contributed by atoms with Crippen molar-refractivity contribution in [2.24, 2.45) is 10.8 Å². The van der Waals surface area contributed by atoms with Gasteiger partial charge in [-0.15, -0.1) is 0 Å². The van der Waals surface area contributed by atoms with Gasteiger partial charge in [-0.1, -0.05) is 27.7 Å². The van der Waals surface area contributed by atoms with Crippen molar-refractivity contribution in [1.29, 1.82) is 0 Å². The lowest BCUT2D eigenvalue weighted by molar-refractivity contribution is -0.134. The minimum absolute atomic E-state index is 0.119. The van der Waals surface area contributed by atoms with Gasteiger partial charge in [0.15, 0.2) is 6.10 Å². The summed E-state index contributed by atoms with van der Waals surface area (Å²) in [5.41, 5.74) is 7.59. The Hall–Kier alpha value is -0.990. The van der Waals surface area contributed by atoms with Crippen molar-refractivity contribution >= 4 is 11.5 Å².